The molecule has 8 heteroatoms. The largest absolute Gasteiger partial charge is 0.339 e. The molecule has 3 rings (SSSR count). The van der Waals surface area contributed by atoms with Crippen LogP contribution in [-0.2, 0) is 4.79 Å². The fraction of sp³-hybridized carbons (Fsp3) is 0.0526. The van der Waals surface area contributed by atoms with E-state index in [1.165, 1.54) is 17.8 Å². The lowest BCUT2D eigenvalue weighted by Crippen LogP contribution is -2.07. The molecule has 0 aliphatic rings. The average molecular weight is 378 g/mol. The summed E-state index contributed by atoms with van der Waals surface area (Å²) in [6.07, 6.45) is 8.34. The van der Waals surface area contributed by atoms with Gasteiger partial charge >= 0.3 is 0 Å². The molecule has 1 amide bonds. The van der Waals surface area contributed by atoms with Crippen LogP contribution in [-0.4, -0.2) is 27.1 Å². The first-order valence-corrected chi connectivity index (χ1v) is 9.29. The second-order valence-electron chi connectivity index (χ2n) is 5.38. The number of nitrogens with zero attached hydrogens (tertiary/aromatic N) is 3. The van der Waals surface area contributed by atoms with Gasteiger partial charge in [-0.1, -0.05) is 12.6 Å². The number of hydrogen-bond donors (Lipinski definition) is 3. The van der Waals surface area contributed by atoms with Crippen molar-refractivity contribution in [3.63, 3.8) is 0 Å². The van der Waals surface area contributed by atoms with Crippen molar-refractivity contribution in [1.82, 2.24) is 15.0 Å². The number of thioether (sulfide) groups is 1. The molecule has 0 unspecified atom stereocenters. The lowest BCUT2D eigenvalue weighted by atomic mass is 10.2. The minimum atomic E-state index is -0.262. The Morgan fingerprint density at radius 2 is 1.93 bits per heavy atom. The zero-order chi connectivity index (χ0) is 19.1. The predicted molar refractivity (Wildman–Crippen MR) is 110 cm³/mol. The fourth-order valence-corrected chi connectivity index (χ4v) is 2.69. The number of amides is 1. The maximum atomic E-state index is 11.5. The third kappa shape index (κ3) is 5.05. The van der Waals surface area contributed by atoms with Crippen molar-refractivity contribution in [1.29, 1.82) is 0 Å². The number of rotatable bonds is 7. The summed E-state index contributed by atoms with van der Waals surface area (Å²) in [4.78, 5) is 25.3. The molecule has 136 valence electrons. The Morgan fingerprint density at radius 3 is 2.67 bits per heavy atom. The molecular weight excluding hydrogens is 360 g/mol. The van der Waals surface area contributed by atoms with E-state index in [-0.39, 0.29) is 5.91 Å². The third-order valence-electron chi connectivity index (χ3n) is 3.47. The van der Waals surface area contributed by atoms with Crippen molar-refractivity contribution in [2.75, 3.05) is 22.2 Å². The van der Waals surface area contributed by atoms with Crippen LogP contribution in [0.5, 0.6) is 0 Å². The highest BCUT2D eigenvalue weighted by atomic mass is 32.2. The van der Waals surface area contributed by atoms with Gasteiger partial charge in [-0.3, -0.25) is 9.78 Å². The highest BCUT2D eigenvalue weighted by Crippen LogP contribution is 2.28. The Hall–Kier alpha value is -3.39. The van der Waals surface area contributed by atoms with E-state index >= 15 is 0 Å². The molecule has 0 saturated heterocycles. The number of anilines is 5. The molecule has 0 radical (unpaired) electrons. The van der Waals surface area contributed by atoms with Gasteiger partial charge in [0.1, 0.15) is 5.82 Å². The van der Waals surface area contributed by atoms with Crippen molar-refractivity contribution in [3.05, 3.63) is 67.6 Å². The molecule has 0 spiro atoms. The topological polar surface area (TPSA) is 91.8 Å². The summed E-state index contributed by atoms with van der Waals surface area (Å²) in [6, 6.07) is 11.1. The Morgan fingerprint density at radius 1 is 1.11 bits per heavy atom. The number of nitrogens with one attached hydrogen (secondary N) is 3. The van der Waals surface area contributed by atoms with E-state index in [2.05, 4.69) is 37.5 Å². The van der Waals surface area contributed by atoms with Gasteiger partial charge in [-0.05, 0) is 42.7 Å². The molecule has 0 aliphatic heterocycles. The van der Waals surface area contributed by atoms with Gasteiger partial charge in [0, 0.05) is 23.8 Å². The number of hydrogen-bond acceptors (Lipinski definition) is 7. The lowest BCUT2D eigenvalue weighted by Gasteiger charge is -2.12. The molecule has 0 fully saturated rings. The Kier molecular flexibility index (Phi) is 6.01. The van der Waals surface area contributed by atoms with Crippen molar-refractivity contribution in [2.24, 2.45) is 0 Å². The van der Waals surface area contributed by atoms with Crippen molar-refractivity contribution in [3.8, 4) is 0 Å². The van der Waals surface area contributed by atoms with E-state index in [9.17, 15) is 4.79 Å². The maximum Gasteiger partial charge on any atom is 0.247 e. The highest BCUT2D eigenvalue weighted by Gasteiger charge is 2.08. The zero-order valence-electron chi connectivity index (χ0n) is 14.6. The van der Waals surface area contributed by atoms with Gasteiger partial charge < -0.3 is 16.0 Å². The standard InChI is InChI=1S/C19H18N6OS/c1-3-17(26)22-13-6-4-7-14(10-13)23-18-16(27-2)12-21-19(25-18)24-15-8-5-9-20-11-15/h3-12H,1H2,2H3,(H,22,26)(H2,21,23,24,25). The third-order valence-corrected chi connectivity index (χ3v) is 4.21. The van der Waals surface area contributed by atoms with Crippen LogP contribution >= 0.6 is 11.8 Å². The van der Waals surface area contributed by atoms with E-state index in [0.717, 1.165) is 16.3 Å². The van der Waals surface area contributed by atoms with E-state index in [4.69, 9.17) is 0 Å². The molecule has 3 N–H and O–H groups in total. The van der Waals surface area contributed by atoms with E-state index < -0.39 is 0 Å². The molecule has 0 saturated carbocycles. The molecular formula is C19H18N6OS. The second-order valence-corrected chi connectivity index (χ2v) is 6.22. The van der Waals surface area contributed by atoms with Gasteiger partial charge in [0.15, 0.2) is 0 Å². The Balaban J connectivity index is 1.83. The van der Waals surface area contributed by atoms with Crippen LogP contribution in [0.4, 0.5) is 28.8 Å². The first-order chi connectivity index (χ1) is 13.2. The highest BCUT2D eigenvalue weighted by molar-refractivity contribution is 7.98. The molecule has 7 nitrogen and oxygen atoms in total. The van der Waals surface area contributed by atoms with Crippen LogP contribution in [0.15, 0.2) is 72.5 Å². The summed E-state index contributed by atoms with van der Waals surface area (Å²) in [6.45, 7) is 3.45. The number of aromatic nitrogens is 3. The number of carbonyl (C=O) groups excluding carboxylic acids is 1. The van der Waals surface area contributed by atoms with E-state index in [1.54, 1.807) is 24.7 Å². The van der Waals surface area contributed by atoms with Crippen LogP contribution in [0, 0.1) is 0 Å². The molecule has 27 heavy (non-hydrogen) atoms. The monoisotopic (exact) mass is 378 g/mol. The van der Waals surface area contributed by atoms with E-state index in [0.29, 0.717) is 17.5 Å². The summed E-state index contributed by atoms with van der Waals surface area (Å²) < 4.78 is 0. The van der Waals surface area contributed by atoms with Gasteiger partial charge in [0.2, 0.25) is 11.9 Å². The average Bonchev–Trinajstić information content (AvgIpc) is 2.69. The molecule has 1 aromatic carbocycles. The SMILES string of the molecule is C=CC(=O)Nc1cccc(Nc2nc(Nc3cccnc3)ncc2SC)c1. The maximum absolute atomic E-state index is 11.5. The molecule has 2 heterocycles. The zero-order valence-corrected chi connectivity index (χ0v) is 15.5. The smallest absolute Gasteiger partial charge is 0.247 e. The van der Waals surface area contributed by atoms with Crippen LogP contribution in [0.25, 0.3) is 0 Å². The molecule has 0 aliphatic carbocycles. The lowest BCUT2D eigenvalue weighted by molar-refractivity contribution is -0.111. The van der Waals surface area contributed by atoms with Crippen molar-refractivity contribution >= 4 is 46.5 Å². The first kappa shape index (κ1) is 18.4. The minimum absolute atomic E-state index is 0.262. The Bertz CT molecular complexity index is 948. The normalized spacial score (nSPS) is 10.1. The number of carbonyl (C=O) groups is 1. The second kappa shape index (κ2) is 8.81. The fourth-order valence-electron chi connectivity index (χ4n) is 2.24. The summed E-state index contributed by atoms with van der Waals surface area (Å²) in [7, 11) is 0. The molecule has 0 bridgehead atoms. The molecule has 0 atom stereocenters. The quantitative estimate of drug-likeness (QED) is 0.419. The number of benzene rings is 1. The summed E-state index contributed by atoms with van der Waals surface area (Å²) in [5, 5.41) is 9.14. The minimum Gasteiger partial charge on any atom is -0.339 e. The van der Waals surface area contributed by atoms with Gasteiger partial charge in [0.05, 0.1) is 16.8 Å². The Labute approximate surface area is 161 Å². The van der Waals surface area contributed by atoms with Crippen molar-refractivity contribution in [2.45, 2.75) is 4.90 Å². The summed E-state index contributed by atoms with van der Waals surface area (Å²) in [5.41, 5.74) is 2.26. The number of pyridine rings is 1. The molecule has 3 aromatic rings. The van der Waals surface area contributed by atoms with Crippen LogP contribution in [0.3, 0.4) is 0 Å². The van der Waals surface area contributed by atoms with Gasteiger partial charge in [-0.2, -0.15) is 4.98 Å². The van der Waals surface area contributed by atoms with Crippen LogP contribution in [0.2, 0.25) is 0 Å². The van der Waals surface area contributed by atoms with Gasteiger partial charge in [-0.15, -0.1) is 11.8 Å². The van der Waals surface area contributed by atoms with Crippen LogP contribution in [0.1, 0.15) is 0 Å². The summed E-state index contributed by atoms with van der Waals surface area (Å²) >= 11 is 1.54. The predicted octanol–water partition coefficient (Wildman–Crippen LogP) is 4.21. The van der Waals surface area contributed by atoms with Crippen molar-refractivity contribution < 1.29 is 4.79 Å². The van der Waals surface area contributed by atoms with Gasteiger partial charge in [-0.25, -0.2) is 4.98 Å². The molecule has 2 aromatic heterocycles. The van der Waals surface area contributed by atoms with Gasteiger partial charge in [0.25, 0.3) is 0 Å². The first-order valence-electron chi connectivity index (χ1n) is 8.06. The summed E-state index contributed by atoms with van der Waals surface area (Å²) in [5.74, 6) is 0.859. The van der Waals surface area contributed by atoms with E-state index in [1.807, 2.05) is 36.6 Å². The van der Waals surface area contributed by atoms with Crippen LogP contribution < -0.4 is 16.0 Å².